The van der Waals surface area contributed by atoms with Crippen LogP contribution in [0.15, 0.2) is 34.1 Å². The quantitative estimate of drug-likeness (QED) is 0.693. The molecular formula is C10H11N5O2. The second-order valence-corrected chi connectivity index (χ2v) is 3.50. The standard InChI is InChI=1S/C10H11N5O2/c1-6(7-2-4-11-5-3-7)12-8-9(16)13-10(17)15-14-8/h2-6H,1H3,(H,12,14)(H2,13,15,16,17). The van der Waals surface area contributed by atoms with Crippen LogP contribution in [-0.4, -0.2) is 20.2 Å². The number of aromatic amines is 2. The van der Waals surface area contributed by atoms with E-state index < -0.39 is 11.2 Å². The molecular weight excluding hydrogens is 222 g/mol. The first-order chi connectivity index (χ1) is 8.16. The monoisotopic (exact) mass is 233 g/mol. The molecule has 0 saturated heterocycles. The van der Waals surface area contributed by atoms with Crippen molar-refractivity contribution in [2.45, 2.75) is 13.0 Å². The molecule has 0 aliphatic carbocycles. The molecule has 2 rings (SSSR count). The highest BCUT2D eigenvalue weighted by atomic mass is 16.2. The van der Waals surface area contributed by atoms with E-state index in [0.29, 0.717) is 0 Å². The predicted molar refractivity (Wildman–Crippen MR) is 61.8 cm³/mol. The van der Waals surface area contributed by atoms with Crippen molar-refractivity contribution in [3.8, 4) is 0 Å². The van der Waals surface area contributed by atoms with Crippen LogP contribution >= 0.6 is 0 Å². The first-order valence-electron chi connectivity index (χ1n) is 5.02. The Morgan fingerprint density at radius 2 is 2.00 bits per heavy atom. The van der Waals surface area contributed by atoms with Gasteiger partial charge in [0.1, 0.15) is 0 Å². The Bertz CT molecular complexity index is 604. The van der Waals surface area contributed by atoms with E-state index >= 15 is 0 Å². The Hall–Kier alpha value is -2.44. The Morgan fingerprint density at radius 3 is 2.65 bits per heavy atom. The minimum atomic E-state index is -0.628. The minimum absolute atomic E-state index is 0.0777. The number of hydrogen-bond acceptors (Lipinski definition) is 5. The number of aromatic nitrogens is 4. The molecule has 88 valence electrons. The maximum atomic E-state index is 11.4. The number of hydrogen-bond donors (Lipinski definition) is 3. The molecule has 0 aliphatic rings. The molecule has 1 unspecified atom stereocenters. The van der Waals surface area contributed by atoms with Gasteiger partial charge in [-0.25, -0.2) is 9.89 Å². The van der Waals surface area contributed by atoms with Crippen LogP contribution in [0, 0.1) is 0 Å². The van der Waals surface area contributed by atoms with Gasteiger partial charge in [-0.05, 0) is 24.6 Å². The summed E-state index contributed by atoms with van der Waals surface area (Å²) in [6.07, 6.45) is 3.33. The fourth-order valence-corrected chi connectivity index (χ4v) is 1.39. The Morgan fingerprint density at radius 1 is 1.29 bits per heavy atom. The van der Waals surface area contributed by atoms with Crippen molar-refractivity contribution < 1.29 is 0 Å². The van der Waals surface area contributed by atoms with Crippen molar-refractivity contribution in [3.05, 3.63) is 50.9 Å². The number of anilines is 1. The molecule has 2 heterocycles. The molecule has 17 heavy (non-hydrogen) atoms. The minimum Gasteiger partial charge on any atom is -0.358 e. The summed E-state index contributed by atoms with van der Waals surface area (Å²) >= 11 is 0. The summed E-state index contributed by atoms with van der Waals surface area (Å²) in [7, 11) is 0. The van der Waals surface area contributed by atoms with Crippen molar-refractivity contribution in [3.63, 3.8) is 0 Å². The second kappa shape index (κ2) is 4.60. The maximum Gasteiger partial charge on any atom is 0.342 e. The molecule has 7 heteroatoms. The van der Waals surface area contributed by atoms with Gasteiger partial charge in [0.15, 0.2) is 0 Å². The molecule has 0 saturated carbocycles. The van der Waals surface area contributed by atoms with Gasteiger partial charge in [-0.3, -0.25) is 14.8 Å². The fraction of sp³-hybridized carbons (Fsp3) is 0.200. The largest absolute Gasteiger partial charge is 0.358 e. The zero-order valence-corrected chi connectivity index (χ0v) is 9.10. The van der Waals surface area contributed by atoms with Crippen LogP contribution in [-0.2, 0) is 0 Å². The summed E-state index contributed by atoms with van der Waals surface area (Å²) in [6, 6.07) is 3.55. The summed E-state index contributed by atoms with van der Waals surface area (Å²) < 4.78 is 0. The van der Waals surface area contributed by atoms with Crippen LogP contribution < -0.4 is 16.6 Å². The summed E-state index contributed by atoms with van der Waals surface area (Å²) in [4.78, 5) is 28.2. The van der Waals surface area contributed by atoms with E-state index in [1.54, 1.807) is 12.4 Å². The molecule has 2 aromatic rings. The van der Waals surface area contributed by atoms with E-state index in [1.165, 1.54) is 0 Å². The summed E-state index contributed by atoms with van der Waals surface area (Å²) in [5.74, 6) is 0.0777. The van der Waals surface area contributed by atoms with Crippen LogP contribution in [0.25, 0.3) is 0 Å². The van der Waals surface area contributed by atoms with Crippen molar-refractivity contribution in [1.82, 2.24) is 20.2 Å². The van der Waals surface area contributed by atoms with E-state index in [0.717, 1.165) is 5.56 Å². The molecule has 3 N–H and O–H groups in total. The molecule has 0 aliphatic heterocycles. The van der Waals surface area contributed by atoms with Gasteiger partial charge in [0.05, 0.1) is 6.04 Å². The Labute approximate surface area is 95.9 Å². The van der Waals surface area contributed by atoms with E-state index in [4.69, 9.17) is 0 Å². The van der Waals surface area contributed by atoms with Crippen molar-refractivity contribution in [2.24, 2.45) is 0 Å². The number of H-pyrrole nitrogens is 2. The highest BCUT2D eigenvalue weighted by molar-refractivity contribution is 5.33. The van der Waals surface area contributed by atoms with Crippen molar-refractivity contribution >= 4 is 5.82 Å². The van der Waals surface area contributed by atoms with Gasteiger partial charge in [-0.15, -0.1) is 5.10 Å². The van der Waals surface area contributed by atoms with E-state index in [9.17, 15) is 9.59 Å². The highest BCUT2D eigenvalue weighted by Crippen LogP contribution is 2.13. The third kappa shape index (κ3) is 2.57. The number of nitrogens with zero attached hydrogens (tertiary/aromatic N) is 2. The average molecular weight is 233 g/mol. The topological polar surface area (TPSA) is 104 Å². The first-order valence-corrected chi connectivity index (χ1v) is 5.02. The molecule has 0 aromatic carbocycles. The molecule has 0 spiro atoms. The van der Waals surface area contributed by atoms with E-state index in [1.807, 2.05) is 19.1 Å². The molecule has 1 atom stereocenters. The zero-order valence-electron chi connectivity index (χ0n) is 9.10. The van der Waals surface area contributed by atoms with Crippen LogP contribution in [0.4, 0.5) is 5.82 Å². The van der Waals surface area contributed by atoms with E-state index in [2.05, 4.69) is 25.5 Å². The lowest BCUT2D eigenvalue weighted by Gasteiger charge is -2.13. The van der Waals surface area contributed by atoms with Crippen molar-refractivity contribution in [2.75, 3.05) is 5.32 Å². The third-order valence-electron chi connectivity index (χ3n) is 2.27. The zero-order chi connectivity index (χ0) is 12.3. The fourth-order valence-electron chi connectivity index (χ4n) is 1.39. The summed E-state index contributed by atoms with van der Waals surface area (Å²) in [5, 5.41) is 8.70. The van der Waals surface area contributed by atoms with Crippen molar-refractivity contribution in [1.29, 1.82) is 0 Å². The van der Waals surface area contributed by atoms with Gasteiger partial charge in [0, 0.05) is 12.4 Å². The lowest BCUT2D eigenvalue weighted by atomic mass is 10.1. The average Bonchev–Trinajstić information content (AvgIpc) is 2.34. The van der Waals surface area contributed by atoms with E-state index in [-0.39, 0.29) is 11.9 Å². The lowest BCUT2D eigenvalue weighted by molar-refractivity contribution is 0.824. The molecule has 0 radical (unpaired) electrons. The first kappa shape index (κ1) is 11.1. The number of rotatable bonds is 3. The third-order valence-corrected chi connectivity index (χ3v) is 2.27. The molecule has 0 bridgehead atoms. The van der Waals surface area contributed by atoms with Gasteiger partial charge in [-0.2, -0.15) is 0 Å². The van der Waals surface area contributed by atoms with Gasteiger partial charge in [0.2, 0.25) is 5.82 Å². The van der Waals surface area contributed by atoms with Crippen LogP contribution in [0.3, 0.4) is 0 Å². The van der Waals surface area contributed by atoms with Crippen LogP contribution in [0.1, 0.15) is 18.5 Å². The Balaban J connectivity index is 2.22. The number of pyridine rings is 1. The number of nitrogens with one attached hydrogen (secondary N) is 3. The lowest BCUT2D eigenvalue weighted by Crippen LogP contribution is -2.27. The molecule has 0 amide bonds. The van der Waals surface area contributed by atoms with Gasteiger partial charge in [-0.1, -0.05) is 0 Å². The normalized spacial score (nSPS) is 12.1. The smallest absolute Gasteiger partial charge is 0.342 e. The summed E-state index contributed by atoms with van der Waals surface area (Å²) in [6.45, 7) is 1.88. The Kier molecular flexibility index (Phi) is 2.99. The second-order valence-electron chi connectivity index (χ2n) is 3.50. The van der Waals surface area contributed by atoms with Crippen LogP contribution in [0.5, 0.6) is 0 Å². The summed E-state index contributed by atoms with van der Waals surface area (Å²) in [5.41, 5.74) is -0.209. The maximum absolute atomic E-state index is 11.4. The SMILES string of the molecule is CC(Nc1n[nH]c(=O)[nH]c1=O)c1ccncc1. The van der Waals surface area contributed by atoms with Gasteiger partial charge >= 0.3 is 5.69 Å². The predicted octanol–water partition coefficient (Wildman–Crippen LogP) is 0.0263. The molecule has 2 aromatic heterocycles. The van der Waals surface area contributed by atoms with Crippen LogP contribution in [0.2, 0.25) is 0 Å². The highest BCUT2D eigenvalue weighted by Gasteiger charge is 2.08. The van der Waals surface area contributed by atoms with Gasteiger partial charge < -0.3 is 5.32 Å². The molecule has 0 fully saturated rings. The van der Waals surface area contributed by atoms with Gasteiger partial charge in [0.25, 0.3) is 5.56 Å². The molecule has 7 nitrogen and oxygen atoms in total.